The van der Waals surface area contributed by atoms with Crippen molar-refractivity contribution in [3.63, 3.8) is 0 Å². The first kappa shape index (κ1) is 17.5. The number of pyridine rings is 1. The van der Waals surface area contributed by atoms with E-state index in [0.717, 1.165) is 36.1 Å². The molecule has 140 valence electrons. The number of thiophene rings is 1. The fraction of sp³-hybridized carbons (Fsp3) is 0.333. The largest absolute Gasteiger partial charge is 0.497 e. The Morgan fingerprint density at radius 3 is 2.78 bits per heavy atom. The van der Waals surface area contributed by atoms with E-state index in [1.807, 2.05) is 28.5 Å². The summed E-state index contributed by atoms with van der Waals surface area (Å²) in [6, 6.07) is 5.61. The highest BCUT2D eigenvalue weighted by Gasteiger charge is 2.24. The highest BCUT2D eigenvalue weighted by molar-refractivity contribution is 7.12. The molecular weight excluding hydrogens is 364 g/mol. The van der Waals surface area contributed by atoms with Crippen LogP contribution in [0.2, 0.25) is 0 Å². The molecule has 0 unspecified atom stereocenters. The van der Waals surface area contributed by atoms with Crippen molar-refractivity contribution < 1.29 is 9.53 Å². The van der Waals surface area contributed by atoms with Crippen molar-refractivity contribution in [2.75, 3.05) is 38.2 Å². The number of hydrogen-bond donors (Lipinski definition) is 0. The van der Waals surface area contributed by atoms with E-state index in [1.54, 1.807) is 25.7 Å². The summed E-state index contributed by atoms with van der Waals surface area (Å²) < 4.78 is 5.29. The van der Waals surface area contributed by atoms with Gasteiger partial charge in [0.25, 0.3) is 5.91 Å². The molecule has 0 radical (unpaired) electrons. The second-order valence-corrected chi connectivity index (χ2v) is 7.04. The van der Waals surface area contributed by atoms with Gasteiger partial charge in [-0.2, -0.15) is 10.2 Å². The number of carbonyl (C=O) groups is 1. The normalized spacial score (nSPS) is 14.9. The molecule has 4 heterocycles. The first-order valence-corrected chi connectivity index (χ1v) is 9.62. The van der Waals surface area contributed by atoms with Crippen molar-refractivity contribution in [1.82, 2.24) is 24.9 Å². The molecule has 27 heavy (non-hydrogen) atoms. The molecule has 0 bridgehead atoms. The zero-order chi connectivity index (χ0) is 18.6. The molecule has 0 aliphatic carbocycles. The lowest BCUT2D eigenvalue weighted by Crippen LogP contribution is -2.35. The third-order valence-corrected chi connectivity index (χ3v) is 5.41. The van der Waals surface area contributed by atoms with E-state index in [0.29, 0.717) is 18.7 Å². The minimum Gasteiger partial charge on any atom is -0.497 e. The van der Waals surface area contributed by atoms with Gasteiger partial charge in [0, 0.05) is 38.4 Å². The van der Waals surface area contributed by atoms with E-state index in [-0.39, 0.29) is 5.91 Å². The van der Waals surface area contributed by atoms with Crippen LogP contribution in [0.15, 0.2) is 42.2 Å². The second kappa shape index (κ2) is 7.75. The summed E-state index contributed by atoms with van der Waals surface area (Å²) in [6.07, 6.45) is 5.85. The van der Waals surface area contributed by atoms with E-state index < -0.39 is 0 Å². The van der Waals surface area contributed by atoms with Crippen molar-refractivity contribution in [2.45, 2.75) is 6.42 Å². The number of nitrogens with zero attached hydrogens (tertiary/aromatic N) is 6. The van der Waals surface area contributed by atoms with Gasteiger partial charge >= 0.3 is 0 Å². The van der Waals surface area contributed by atoms with E-state index >= 15 is 0 Å². The highest BCUT2D eigenvalue weighted by atomic mass is 32.1. The van der Waals surface area contributed by atoms with Crippen LogP contribution < -0.4 is 9.64 Å². The molecule has 1 fully saturated rings. The van der Waals surface area contributed by atoms with Gasteiger partial charge in [-0.1, -0.05) is 0 Å². The Balaban J connectivity index is 1.48. The number of ether oxygens (including phenoxy) is 1. The van der Waals surface area contributed by atoms with Crippen LogP contribution in [0.4, 0.5) is 5.82 Å². The molecule has 4 rings (SSSR count). The molecule has 0 spiro atoms. The van der Waals surface area contributed by atoms with E-state index in [9.17, 15) is 4.79 Å². The summed E-state index contributed by atoms with van der Waals surface area (Å²) in [5, 5.41) is 11.0. The standard InChI is InChI=1S/C18H20N6O2S/c1-26-14-3-5-19-16(13-14)22-8-2-9-23(11-10-22)17(25)15-4-12-27-18(15)24-20-6-7-21-24/h3-7,12-13H,2,8-11H2,1H3. The number of aromatic nitrogens is 4. The fourth-order valence-electron chi connectivity index (χ4n) is 3.16. The highest BCUT2D eigenvalue weighted by Crippen LogP contribution is 2.24. The van der Waals surface area contributed by atoms with Crippen LogP contribution in [0.3, 0.4) is 0 Å². The lowest BCUT2D eigenvalue weighted by Gasteiger charge is -2.23. The van der Waals surface area contributed by atoms with Gasteiger partial charge < -0.3 is 14.5 Å². The van der Waals surface area contributed by atoms with Crippen LogP contribution in [0.25, 0.3) is 5.00 Å². The zero-order valence-corrected chi connectivity index (χ0v) is 15.8. The summed E-state index contributed by atoms with van der Waals surface area (Å²) in [6.45, 7) is 2.92. The first-order valence-electron chi connectivity index (χ1n) is 8.74. The Morgan fingerprint density at radius 2 is 1.96 bits per heavy atom. The van der Waals surface area contributed by atoms with Crippen molar-refractivity contribution in [3.8, 4) is 10.8 Å². The average molecular weight is 384 g/mol. The Labute approximate surface area is 161 Å². The van der Waals surface area contributed by atoms with E-state index in [1.165, 1.54) is 16.1 Å². The number of carbonyl (C=O) groups excluding carboxylic acids is 1. The van der Waals surface area contributed by atoms with Gasteiger partial charge in [-0.15, -0.1) is 16.1 Å². The Bertz CT molecular complexity index is 910. The van der Waals surface area contributed by atoms with Crippen molar-refractivity contribution in [2.24, 2.45) is 0 Å². The van der Waals surface area contributed by atoms with Gasteiger partial charge in [0.15, 0.2) is 5.00 Å². The van der Waals surface area contributed by atoms with Crippen LogP contribution in [-0.4, -0.2) is 64.1 Å². The van der Waals surface area contributed by atoms with Gasteiger partial charge in [0.05, 0.1) is 25.1 Å². The molecule has 1 aliphatic heterocycles. The SMILES string of the molecule is COc1ccnc(N2CCCN(C(=O)c3ccsc3-n3nccn3)CC2)c1. The van der Waals surface area contributed by atoms with Gasteiger partial charge in [-0.05, 0) is 23.9 Å². The topological polar surface area (TPSA) is 76.4 Å². The minimum atomic E-state index is 0.0176. The Hall–Kier alpha value is -2.94. The van der Waals surface area contributed by atoms with Crippen molar-refractivity contribution in [1.29, 1.82) is 0 Å². The third-order valence-electron chi connectivity index (χ3n) is 4.54. The van der Waals surface area contributed by atoms with E-state index in [2.05, 4.69) is 20.1 Å². The lowest BCUT2D eigenvalue weighted by molar-refractivity contribution is 0.0767. The van der Waals surface area contributed by atoms with Gasteiger partial charge in [0.2, 0.25) is 0 Å². The molecule has 8 nitrogen and oxygen atoms in total. The van der Waals surface area contributed by atoms with Crippen LogP contribution in [0.1, 0.15) is 16.8 Å². The van der Waals surface area contributed by atoms with Crippen LogP contribution in [0, 0.1) is 0 Å². The smallest absolute Gasteiger partial charge is 0.257 e. The molecule has 0 atom stereocenters. The predicted octanol–water partition coefficient (Wildman–Crippen LogP) is 2.08. The summed E-state index contributed by atoms with van der Waals surface area (Å²) in [7, 11) is 1.65. The van der Waals surface area contributed by atoms with Crippen LogP contribution in [0.5, 0.6) is 5.75 Å². The molecule has 9 heteroatoms. The van der Waals surface area contributed by atoms with Gasteiger partial charge in [0.1, 0.15) is 11.6 Å². The molecule has 0 aromatic carbocycles. The maximum absolute atomic E-state index is 13.1. The third kappa shape index (κ3) is 3.63. The van der Waals surface area contributed by atoms with Crippen LogP contribution >= 0.6 is 11.3 Å². The summed E-state index contributed by atoms with van der Waals surface area (Å²) >= 11 is 1.46. The lowest BCUT2D eigenvalue weighted by atomic mass is 10.2. The van der Waals surface area contributed by atoms with Crippen molar-refractivity contribution >= 4 is 23.1 Å². The first-order chi connectivity index (χ1) is 13.3. The molecule has 0 saturated carbocycles. The zero-order valence-electron chi connectivity index (χ0n) is 15.0. The second-order valence-electron chi connectivity index (χ2n) is 6.14. The van der Waals surface area contributed by atoms with Crippen molar-refractivity contribution in [3.05, 3.63) is 47.7 Å². The van der Waals surface area contributed by atoms with E-state index in [4.69, 9.17) is 4.74 Å². The Morgan fingerprint density at radius 1 is 1.11 bits per heavy atom. The Kier molecular flexibility index (Phi) is 5.01. The molecule has 3 aromatic heterocycles. The number of amides is 1. The molecule has 3 aromatic rings. The summed E-state index contributed by atoms with van der Waals surface area (Å²) in [5.41, 5.74) is 0.643. The molecule has 0 N–H and O–H groups in total. The monoisotopic (exact) mass is 384 g/mol. The maximum Gasteiger partial charge on any atom is 0.257 e. The van der Waals surface area contributed by atoms with Gasteiger partial charge in [-0.25, -0.2) is 4.98 Å². The number of rotatable bonds is 4. The maximum atomic E-state index is 13.1. The molecule has 1 saturated heterocycles. The minimum absolute atomic E-state index is 0.0176. The number of anilines is 1. The average Bonchev–Trinajstić information content (AvgIpc) is 3.34. The molecular formula is C18H20N6O2S. The number of methoxy groups -OCH3 is 1. The fourth-order valence-corrected chi connectivity index (χ4v) is 3.96. The predicted molar refractivity (Wildman–Crippen MR) is 103 cm³/mol. The molecule has 1 amide bonds. The van der Waals surface area contributed by atoms with Gasteiger partial charge in [-0.3, -0.25) is 4.79 Å². The molecule has 1 aliphatic rings. The summed E-state index contributed by atoms with van der Waals surface area (Å²) in [4.78, 5) is 23.1. The number of hydrogen-bond acceptors (Lipinski definition) is 7. The van der Waals surface area contributed by atoms with Crippen LogP contribution in [-0.2, 0) is 0 Å². The summed E-state index contributed by atoms with van der Waals surface area (Å²) in [5.74, 6) is 1.68. The quantitative estimate of drug-likeness (QED) is 0.686.